The molecule has 2 aromatic rings. The number of amides is 1. The lowest BCUT2D eigenvalue weighted by Crippen LogP contribution is -2.40. The van der Waals surface area contributed by atoms with Gasteiger partial charge in [0.05, 0.1) is 18.6 Å². The number of nitrogens with one attached hydrogen (secondary N) is 1. The van der Waals surface area contributed by atoms with E-state index in [0.717, 1.165) is 28.1 Å². The van der Waals surface area contributed by atoms with E-state index in [4.69, 9.17) is 0 Å². The van der Waals surface area contributed by atoms with Gasteiger partial charge in [-0.25, -0.2) is 4.98 Å². The van der Waals surface area contributed by atoms with Crippen molar-refractivity contribution in [3.63, 3.8) is 0 Å². The van der Waals surface area contributed by atoms with Crippen LogP contribution < -0.4 is 10.9 Å². The Bertz CT molecular complexity index is 862. The fourth-order valence-electron chi connectivity index (χ4n) is 3.47. The van der Waals surface area contributed by atoms with Crippen molar-refractivity contribution < 1.29 is 4.79 Å². The van der Waals surface area contributed by atoms with Gasteiger partial charge in [0.25, 0.3) is 5.56 Å². The van der Waals surface area contributed by atoms with Gasteiger partial charge < -0.3 is 9.88 Å². The maximum atomic E-state index is 12.5. The molecule has 0 atom stereocenters. The molecule has 0 bridgehead atoms. The van der Waals surface area contributed by atoms with Gasteiger partial charge in [-0.05, 0) is 38.3 Å². The van der Waals surface area contributed by atoms with Crippen LogP contribution in [-0.4, -0.2) is 33.4 Å². The smallest absolute Gasteiger partial charge is 0.256 e. The quantitative estimate of drug-likeness (QED) is 0.923. The maximum absolute atomic E-state index is 12.5. The van der Waals surface area contributed by atoms with Crippen molar-refractivity contribution in [3.8, 4) is 0 Å². The monoisotopic (exact) mass is 340 g/mol. The van der Waals surface area contributed by atoms with Gasteiger partial charge in [0.15, 0.2) is 0 Å². The number of hydrogen-bond donors (Lipinski definition) is 1. The lowest BCUT2D eigenvalue weighted by molar-refractivity contribution is -0.117. The highest BCUT2D eigenvalue weighted by Gasteiger charge is 2.22. The second-order valence-corrected chi connectivity index (χ2v) is 6.87. The third kappa shape index (κ3) is 3.64. The zero-order valence-corrected chi connectivity index (χ0v) is 15.2. The molecule has 0 aliphatic carbocycles. The molecule has 1 aliphatic rings. The Morgan fingerprint density at radius 2 is 1.92 bits per heavy atom. The van der Waals surface area contributed by atoms with Crippen molar-refractivity contribution in [3.05, 3.63) is 56.8 Å². The third-order valence-corrected chi connectivity index (χ3v) is 4.67. The summed E-state index contributed by atoms with van der Waals surface area (Å²) in [7, 11) is 1.71. The number of fused-ring (bicyclic) bond motifs is 1. The first kappa shape index (κ1) is 17.4. The van der Waals surface area contributed by atoms with Crippen LogP contribution >= 0.6 is 0 Å². The summed E-state index contributed by atoms with van der Waals surface area (Å²) in [5.74, 6) is -0.0395. The van der Waals surface area contributed by atoms with Gasteiger partial charge in [-0.15, -0.1) is 0 Å². The summed E-state index contributed by atoms with van der Waals surface area (Å²) in [5, 5.41) is 3.03. The van der Waals surface area contributed by atoms with E-state index in [-0.39, 0.29) is 11.5 Å². The normalized spacial score (nSPS) is 14.2. The summed E-state index contributed by atoms with van der Waals surface area (Å²) < 4.78 is 1.50. The molecule has 1 amide bonds. The Kier molecular flexibility index (Phi) is 4.72. The summed E-state index contributed by atoms with van der Waals surface area (Å²) in [6.45, 7) is 7.58. The molecule has 132 valence electrons. The van der Waals surface area contributed by atoms with E-state index in [1.807, 2.05) is 25.7 Å². The molecule has 0 saturated heterocycles. The first-order chi connectivity index (χ1) is 11.8. The fraction of sp³-hybridized carbons (Fsp3) is 0.421. The lowest BCUT2D eigenvalue weighted by Gasteiger charge is -2.27. The molecule has 25 heavy (non-hydrogen) atoms. The molecule has 1 aliphatic heterocycles. The Morgan fingerprint density at radius 1 is 1.24 bits per heavy atom. The zero-order valence-electron chi connectivity index (χ0n) is 15.2. The first-order valence-corrected chi connectivity index (χ1v) is 8.48. The predicted octanol–water partition coefficient (Wildman–Crippen LogP) is 1.70. The number of carbonyl (C=O) groups excluding carboxylic acids is 1. The SMILES string of the molecule is Cc1cc(C)c(NC(=O)CN2CCc3c(ncn(C)c3=O)C2)c(C)c1. The van der Waals surface area contributed by atoms with Crippen molar-refractivity contribution in [1.82, 2.24) is 14.5 Å². The molecular weight excluding hydrogens is 316 g/mol. The van der Waals surface area contributed by atoms with Crippen molar-refractivity contribution in [1.29, 1.82) is 0 Å². The highest BCUT2D eigenvalue weighted by Crippen LogP contribution is 2.22. The van der Waals surface area contributed by atoms with Crippen LogP contribution in [0.25, 0.3) is 0 Å². The number of anilines is 1. The average molecular weight is 340 g/mol. The zero-order chi connectivity index (χ0) is 18.1. The van der Waals surface area contributed by atoms with Crippen molar-refractivity contribution >= 4 is 11.6 Å². The van der Waals surface area contributed by atoms with Crippen LogP contribution in [0, 0.1) is 20.8 Å². The molecule has 3 rings (SSSR count). The highest BCUT2D eigenvalue weighted by atomic mass is 16.2. The van der Waals surface area contributed by atoms with Gasteiger partial charge in [-0.3, -0.25) is 14.5 Å². The molecule has 6 heteroatoms. The number of aryl methyl sites for hydroxylation is 4. The van der Waals surface area contributed by atoms with E-state index in [1.165, 1.54) is 10.1 Å². The van der Waals surface area contributed by atoms with Gasteiger partial charge in [0.1, 0.15) is 0 Å². The Labute approximate surface area is 147 Å². The van der Waals surface area contributed by atoms with Gasteiger partial charge in [-0.1, -0.05) is 17.7 Å². The third-order valence-electron chi connectivity index (χ3n) is 4.67. The molecule has 2 heterocycles. The first-order valence-electron chi connectivity index (χ1n) is 8.48. The van der Waals surface area contributed by atoms with E-state index >= 15 is 0 Å². The molecule has 0 saturated carbocycles. The largest absolute Gasteiger partial charge is 0.324 e. The summed E-state index contributed by atoms with van der Waals surface area (Å²) in [6, 6.07) is 4.14. The van der Waals surface area contributed by atoms with E-state index in [1.54, 1.807) is 13.4 Å². The standard InChI is InChI=1S/C19H24N4O2/c1-12-7-13(2)18(14(3)8-12)21-17(24)10-23-6-5-15-16(9-23)20-11-22(4)19(15)25/h7-8,11H,5-6,9-10H2,1-4H3,(H,21,24). The number of carbonyl (C=O) groups is 1. The minimum Gasteiger partial charge on any atom is -0.324 e. The average Bonchev–Trinajstić information content (AvgIpc) is 2.54. The molecule has 0 unspecified atom stereocenters. The van der Waals surface area contributed by atoms with Crippen LogP contribution in [0.15, 0.2) is 23.3 Å². The molecule has 1 aromatic heterocycles. The Morgan fingerprint density at radius 3 is 2.60 bits per heavy atom. The molecule has 0 fully saturated rings. The van der Waals surface area contributed by atoms with Crippen molar-refractivity contribution in [2.24, 2.45) is 7.05 Å². The Balaban J connectivity index is 1.69. The molecule has 1 N–H and O–H groups in total. The van der Waals surface area contributed by atoms with Crippen molar-refractivity contribution in [2.75, 3.05) is 18.4 Å². The maximum Gasteiger partial charge on any atom is 0.256 e. The summed E-state index contributed by atoms with van der Waals surface area (Å²) in [6.07, 6.45) is 2.18. The predicted molar refractivity (Wildman–Crippen MR) is 97.7 cm³/mol. The number of benzene rings is 1. The molecule has 1 aromatic carbocycles. The number of rotatable bonds is 3. The summed E-state index contributed by atoms with van der Waals surface area (Å²) in [4.78, 5) is 31.0. The van der Waals surface area contributed by atoms with Crippen LogP contribution in [0.3, 0.4) is 0 Å². The Hall–Kier alpha value is -2.47. The number of nitrogens with zero attached hydrogens (tertiary/aromatic N) is 3. The van der Waals surface area contributed by atoms with E-state index in [0.29, 0.717) is 26.1 Å². The molecule has 0 radical (unpaired) electrons. The van der Waals surface area contributed by atoms with Gasteiger partial charge in [0, 0.05) is 31.4 Å². The van der Waals surface area contributed by atoms with E-state index in [2.05, 4.69) is 22.4 Å². The lowest BCUT2D eigenvalue weighted by atomic mass is 10.0. The second kappa shape index (κ2) is 6.80. The van der Waals surface area contributed by atoms with E-state index < -0.39 is 0 Å². The molecular formula is C19H24N4O2. The van der Waals surface area contributed by atoms with E-state index in [9.17, 15) is 9.59 Å². The van der Waals surface area contributed by atoms with Crippen molar-refractivity contribution in [2.45, 2.75) is 33.7 Å². The fourth-order valence-corrected chi connectivity index (χ4v) is 3.47. The minimum absolute atomic E-state index is 0.0139. The van der Waals surface area contributed by atoms with Gasteiger partial charge >= 0.3 is 0 Å². The summed E-state index contributed by atoms with van der Waals surface area (Å²) in [5.41, 5.74) is 5.78. The molecule has 0 spiro atoms. The molecule has 6 nitrogen and oxygen atoms in total. The minimum atomic E-state index is -0.0395. The van der Waals surface area contributed by atoms with Crippen LogP contribution in [0.2, 0.25) is 0 Å². The van der Waals surface area contributed by atoms with Crippen LogP contribution in [0.5, 0.6) is 0 Å². The summed E-state index contributed by atoms with van der Waals surface area (Å²) >= 11 is 0. The van der Waals surface area contributed by atoms with Gasteiger partial charge in [-0.2, -0.15) is 0 Å². The number of hydrogen-bond acceptors (Lipinski definition) is 4. The van der Waals surface area contributed by atoms with Crippen LogP contribution in [0.1, 0.15) is 27.9 Å². The van der Waals surface area contributed by atoms with Crippen LogP contribution in [0.4, 0.5) is 5.69 Å². The van der Waals surface area contributed by atoms with Gasteiger partial charge in [0.2, 0.25) is 5.91 Å². The topological polar surface area (TPSA) is 67.2 Å². The van der Waals surface area contributed by atoms with Crippen LogP contribution in [-0.2, 0) is 24.8 Å². The highest BCUT2D eigenvalue weighted by molar-refractivity contribution is 5.93. The number of aromatic nitrogens is 2. The second-order valence-electron chi connectivity index (χ2n) is 6.87.